The van der Waals surface area contributed by atoms with Crippen LogP contribution in [0.1, 0.15) is 15.9 Å². The molecule has 19 heavy (non-hydrogen) atoms. The van der Waals surface area contributed by atoms with Crippen LogP contribution in [0.15, 0.2) is 36.7 Å². The van der Waals surface area contributed by atoms with Gasteiger partial charge >= 0.3 is 5.97 Å². The highest BCUT2D eigenvalue weighted by Crippen LogP contribution is 2.31. The van der Waals surface area contributed by atoms with E-state index in [1.807, 2.05) is 6.07 Å². The number of aromatic nitrogens is 1. The SMILES string of the molecule is N#Cc1ccc(Oc2cnccc2C(=O)O)c(Cl)c1. The molecule has 0 amide bonds. The summed E-state index contributed by atoms with van der Waals surface area (Å²) in [5.74, 6) is -0.778. The largest absolute Gasteiger partial charge is 0.478 e. The number of hydrogen-bond donors (Lipinski definition) is 1. The summed E-state index contributed by atoms with van der Waals surface area (Å²) in [5, 5.41) is 18.0. The molecule has 0 atom stereocenters. The number of ether oxygens (including phenoxy) is 1. The second-order valence-corrected chi connectivity index (χ2v) is 3.94. The molecule has 94 valence electrons. The maximum atomic E-state index is 11.0. The Morgan fingerprint density at radius 3 is 2.79 bits per heavy atom. The summed E-state index contributed by atoms with van der Waals surface area (Å²) in [6.07, 6.45) is 2.65. The Morgan fingerprint density at radius 2 is 2.16 bits per heavy atom. The number of carbonyl (C=O) groups is 1. The minimum absolute atomic E-state index is 0.0181. The molecule has 1 N–H and O–H groups in total. The van der Waals surface area contributed by atoms with Crippen LogP contribution in [0, 0.1) is 11.3 Å². The summed E-state index contributed by atoms with van der Waals surface area (Å²) in [6, 6.07) is 7.73. The van der Waals surface area contributed by atoms with Gasteiger partial charge in [0.05, 0.1) is 22.9 Å². The molecule has 0 radical (unpaired) electrons. The normalized spacial score (nSPS) is 9.68. The van der Waals surface area contributed by atoms with Crippen molar-refractivity contribution < 1.29 is 14.6 Å². The first-order chi connectivity index (χ1) is 9.11. The lowest BCUT2D eigenvalue weighted by atomic mass is 10.2. The molecule has 2 rings (SSSR count). The molecule has 0 spiro atoms. The number of rotatable bonds is 3. The number of nitrogens with zero attached hydrogens (tertiary/aromatic N) is 2. The van der Waals surface area contributed by atoms with Crippen molar-refractivity contribution in [3.05, 3.63) is 52.8 Å². The van der Waals surface area contributed by atoms with Crippen LogP contribution in [0.5, 0.6) is 11.5 Å². The highest BCUT2D eigenvalue weighted by molar-refractivity contribution is 6.32. The molecule has 0 saturated carbocycles. The highest BCUT2D eigenvalue weighted by Gasteiger charge is 2.13. The number of halogens is 1. The van der Waals surface area contributed by atoms with Gasteiger partial charge in [0.2, 0.25) is 0 Å². The molecule has 0 saturated heterocycles. The highest BCUT2D eigenvalue weighted by atomic mass is 35.5. The Morgan fingerprint density at radius 1 is 1.37 bits per heavy atom. The summed E-state index contributed by atoms with van der Waals surface area (Å²) in [7, 11) is 0. The van der Waals surface area contributed by atoms with Gasteiger partial charge in [0, 0.05) is 6.20 Å². The molecule has 2 aromatic rings. The van der Waals surface area contributed by atoms with E-state index in [0.29, 0.717) is 5.56 Å². The van der Waals surface area contributed by atoms with Crippen molar-refractivity contribution in [1.29, 1.82) is 5.26 Å². The van der Waals surface area contributed by atoms with E-state index in [0.717, 1.165) is 0 Å². The predicted molar refractivity (Wildman–Crippen MR) is 67.4 cm³/mol. The molecule has 6 heteroatoms. The van der Waals surface area contributed by atoms with Crippen molar-refractivity contribution in [2.24, 2.45) is 0 Å². The average Bonchev–Trinajstić information content (AvgIpc) is 2.41. The van der Waals surface area contributed by atoms with Crippen LogP contribution in [0.4, 0.5) is 0 Å². The first-order valence-electron chi connectivity index (χ1n) is 5.16. The molecule has 5 nitrogen and oxygen atoms in total. The van der Waals surface area contributed by atoms with Crippen LogP contribution in [0.25, 0.3) is 0 Å². The monoisotopic (exact) mass is 274 g/mol. The van der Waals surface area contributed by atoms with Crippen LogP contribution in [-0.2, 0) is 0 Å². The van der Waals surface area contributed by atoms with E-state index < -0.39 is 5.97 Å². The van der Waals surface area contributed by atoms with E-state index in [1.165, 1.54) is 36.7 Å². The zero-order valence-corrected chi connectivity index (χ0v) is 10.3. The minimum Gasteiger partial charge on any atom is -0.478 e. The third-order valence-electron chi connectivity index (χ3n) is 2.30. The number of pyridine rings is 1. The number of benzene rings is 1. The van der Waals surface area contributed by atoms with Gasteiger partial charge in [0.25, 0.3) is 0 Å². The third-order valence-corrected chi connectivity index (χ3v) is 2.59. The first kappa shape index (κ1) is 12.9. The minimum atomic E-state index is -1.12. The molecule has 0 aliphatic rings. The maximum absolute atomic E-state index is 11.0. The second kappa shape index (κ2) is 5.38. The van der Waals surface area contributed by atoms with Gasteiger partial charge in [-0.3, -0.25) is 4.98 Å². The van der Waals surface area contributed by atoms with E-state index >= 15 is 0 Å². The number of hydrogen-bond acceptors (Lipinski definition) is 4. The fraction of sp³-hybridized carbons (Fsp3) is 0. The lowest BCUT2D eigenvalue weighted by Gasteiger charge is -2.09. The Hall–Kier alpha value is -2.58. The van der Waals surface area contributed by atoms with Crippen molar-refractivity contribution in [2.75, 3.05) is 0 Å². The van der Waals surface area contributed by atoms with Crippen LogP contribution in [0.3, 0.4) is 0 Å². The second-order valence-electron chi connectivity index (χ2n) is 3.54. The molecule has 1 heterocycles. The van der Waals surface area contributed by atoms with Gasteiger partial charge in [-0.05, 0) is 24.3 Å². The van der Waals surface area contributed by atoms with Gasteiger partial charge in [-0.15, -0.1) is 0 Å². The zero-order chi connectivity index (χ0) is 13.8. The van der Waals surface area contributed by atoms with Crippen molar-refractivity contribution in [2.45, 2.75) is 0 Å². The van der Waals surface area contributed by atoms with E-state index in [4.69, 9.17) is 26.7 Å². The Balaban J connectivity index is 2.37. The molecular formula is C13H7ClN2O3. The Bertz CT molecular complexity index is 680. The maximum Gasteiger partial charge on any atom is 0.339 e. The van der Waals surface area contributed by atoms with E-state index in [9.17, 15) is 4.79 Å². The summed E-state index contributed by atoms with van der Waals surface area (Å²) in [5.41, 5.74) is 0.373. The zero-order valence-electron chi connectivity index (χ0n) is 9.50. The molecule has 0 fully saturated rings. The summed E-state index contributed by atoms with van der Waals surface area (Å²) in [6.45, 7) is 0. The number of nitriles is 1. The number of carboxylic acids is 1. The van der Waals surface area contributed by atoms with Gasteiger partial charge in [-0.25, -0.2) is 4.79 Å². The fourth-order valence-electron chi connectivity index (χ4n) is 1.41. The first-order valence-corrected chi connectivity index (χ1v) is 5.54. The van der Waals surface area contributed by atoms with Crippen molar-refractivity contribution >= 4 is 17.6 Å². The van der Waals surface area contributed by atoms with E-state index in [-0.39, 0.29) is 22.1 Å². The lowest BCUT2D eigenvalue weighted by Crippen LogP contribution is -2.00. The van der Waals surface area contributed by atoms with Gasteiger partial charge in [-0.1, -0.05) is 11.6 Å². The molecule has 0 unspecified atom stereocenters. The van der Waals surface area contributed by atoms with Crippen LogP contribution in [0.2, 0.25) is 5.02 Å². The summed E-state index contributed by atoms with van der Waals surface area (Å²) < 4.78 is 5.42. The topological polar surface area (TPSA) is 83.2 Å². The number of carboxylic acid groups (broad SMARTS) is 1. The van der Waals surface area contributed by atoms with Crippen LogP contribution < -0.4 is 4.74 Å². The third kappa shape index (κ3) is 2.81. The van der Waals surface area contributed by atoms with Gasteiger partial charge in [0.15, 0.2) is 5.75 Å². The van der Waals surface area contributed by atoms with E-state index in [2.05, 4.69) is 4.98 Å². The molecule has 0 aliphatic heterocycles. The number of aromatic carboxylic acids is 1. The van der Waals surface area contributed by atoms with Crippen molar-refractivity contribution in [3.63, 3.8) is 0 Å². The summed E-state index contributed by atoms with van der Waals surface area (Å²) in [4.78, 5) is 14.8. The Kier molecular flexibility index (Phi) is 3.64. The lowest BCUT2D eigenvalue weighted by molar-refractivity contribution is 0.0694. The van der Waals surface area contributed by atoms with Gasteiger partial charge in [-0.2, -0.15) is 5.26 Å². The van der Waals surface area contributed by atoms with Crippen molar-refractivity contribution in [1.82, 2.24) is 4.98 Å². The van der Waals surface area contributed by atoms with Crippen molar-refractivity contribution in [3.8, 4) is 17.6 Å². The van der Waals surface area contributed by atoms with Crippen LogP contribution in [-0.4, -0.2) is 16.1 Å². The van der Waals surface area contributed by atoms with Gasteiger partial charge < -0.3 is 9.84 Å². The molecule has 0 aliphatic carbocycles. The summed E-state index contributed by atoms with van der Waals surface area (Å²) >= 11 is 5.95. The van der Waals surface area contributed by atoms with Gasteiger partial charge in [0.1, 0.15) is 11.3 Å². The predicted octanol–water partition coefficient (Wildman–Crippen LogP) is 3.10. The average molecular weight is 275 g/mol. The van der Waals surface area contributed by atoms with Crippen LogP contribution >= 0.6 is 11.6 Å². The molecular weight excluding hydrogens is 268 g/mol. The standard InChI is InChI=1S/C13H7ClN2O3/c14-10-5-8(6-15)1-2-11(10)19-12-7-16-4-3-9(12)13(17)18/h1-5,7H,(H,17,18). The molecule has 1 aromatic heterocycles. The smallest absolute Gasteiger partial charge is 0.339 e. The fourth-order valence-corrected chi connectivity index (χ4v) is 1.63. The molecule has 1 aromatic carbocycles. The quantitative estimate of drug-likeness (QED) is 0.930. The molecule has 0 bridgehead atoms. The van der Waals surface area contributed by atoms with E-state index in [1.54, 1.807) is 0 Å². The Labute approximate surface area is 113 Å².